The molecule has 1 aromatic carbocycles. The zero-order valence-electron chi connectivity index (χ0n) is 15.5. The van der Waals surface area contributed by atoms with Gasteiger partial charge in [-0.25, -0.2) is 4.99 Å². The number of nitrogens with two attached hydrogens (primary N) is 2. The molecule has 2 heterocycles. The van der Waals surface area contributed by atoms with Crippen LogP contribution in [0.1, 0.15) is 56.9 Å². The van der Waals surface area contributed by atoms with Gasteiger partial charge in [0, 0.05) is 12.2 Å². The van der Waals surface area contributed by atoms with Crippen LogP contribution >= 0.6 is 0 Å². The Balaban J connectivity index is 1.62. The number of benzene rings is 1. The molecule has 0 amide bonds. The highest BCUT2D eigenvalue weighted by molar-refractivity contribution is 6.05. The van der Waals surface area contributed by atoms with E-state index < -0.39 is 0 Å². The number of aliphatic imine (C=N–C) groups is 2. The quantitative estimate of drug-likeness (QED) is 0.874. The molecule has 26 heavy (non-hydrogen) atoms. The van der Waals surface area contributed by atoms with Crippen molar-refractivity contribution in [3.8, 4) is 0 Å². The van der Waals surface area contributed by atoms with Gasteiger partial charge in [-0.05, 0) is 69.3 Å². The summed E-state index contributed by atoms with van der Waals surface area (Å²) < 4.78 is 0. The fourth-order valence-electron chi connectivity index (χ4n) is 4.66. The minimum atomic E-state index is -0.363. The molecule has 0 atom stereocenters. The van der Waals surface area contributed by atoms with Gasteiger partial charge in [0.25, 0.3) is 0 Å². The summed E-state index contributed by atoms with van der Waals surface area (Å²) >= 11 is 0. The smallest absolute Gasteiger partial charge is 0.220 e. The van der Waals surface area contributed by atoms with Gasteiger partial charge in [0.05, 0.1) is 0 Å². The van der Waals surface area contributed by atoms with Crippen molar-refractivity contribution in [1.29, 1.82) is 0 Å². The van der Waals surface area contributed by atoms with Crippen LogP contribution in [0.4, 0.5) is 5.69 Å². The summed E-state index contributed by atoms with van der Waals surface area (Å²) in [7, 11) is 0. The van der Waals surface area contributed by atoms with Gasteiger partial charge < -0.3 is 11.5 Å². The van der Waals surface area contributed by atoms with Crippen LogP contribution in [0, 0.1) is 0 Å². The molecule has 3 aliphatic rings. The molecule has 0 unspecified atom stereocenters. The van der Waals surface area contributed by atoms with Crippen molar-refractivity contribution in [2.24, 2.45) is 21.5 Å². The van der Waals surface area contributed by atoms with E-state index in [1.54, 1.807) is 0 Å². The lowest BCUT2D eigenvalue weighted by Crippen LogP contribution is -2.58. The number of likely N-dealkylation sites (tertiary alicyclic amines) is 1. The van der Waals surface area contributed by atoms with Crippen LogP contribution in [-0.4, -0.2) is 35.6 Å². The second-order valence-corrected chi connectivity index (χ2v) is 7.83. The lowest BCUT2D eigenvalue weighted by atomic mass is 9.87. The lowest BCUT2D eigenvalue weighted by Gasteiger charge is -2.45. The minimum absolute atomic E-state index is 0.310. The van der Waals surface area contributed by atoms with Crippen LogP contribution in [0.5, 0.6) is 0 Å². The van der Waals surface area contributed by atoms with Crippen LogP contribution in [0.3, 0.4) is 0 Å². The zero-order valence-corrected chi connectivity index (χ0v) is 15.5. The van der Waals surface area contributed by atoms with E-state index in [-0.39, 0.29) is 5.66 Å². The fourth-order valence-corrected chi connectivity index (χ4v) is 4.66. The van der Waals surface area contributed by atoms with Crippen LogP contribution in [0.15, 0.2) is 34.3 Å². The monoisotopic (exact) mass is 354 g/mol. The van der Waals surface area contributed by atoms with E-state index in [9.17, 15) is 0 Å². The van der Waals surface area contributed by atoms with Crippen molar-refractivity contribution in [3.63, 3.8) is 0 Å². The van der Waals surface area contributed by atoms with Crippen molar-refractivity contribution in [2.45, 2.75) is 63.6 Å². The topological polar surface area (TPSA) is 83.2 Å². The molecule has 1 saturated heterocycles. The van der Waals surface area contributed by atoms with E-state index >= 15 is 0 Å². The first-order valence-electron chi connectivity index (χ1n) is 9.97. The van der Waals surface area contributed by atoms with Crippen molar-refractivity contribution >= 4 is 17.6 Å². The molecule has 2 aliphatic heterocycles. The Hall–Kier alpha value is -2.08. The third kappa shape index (κ3) is 3.43. The van der Waals surface area contributed by atoms with E-state index in [2.05, 4.69) is 39.1 Å². The Bertz CT molecular complexity index is 698. The highest BCUT2D eigenvalue weighted by atomic mass is 15.4. The van der Waals surface area contributed by atoms with Gasteiger partial charge in [-0.3, -0.25) is 9.80 Å². The molecular weight excluding hydrogens is 324 g/mol. The van der Waals surface area contributed by atoms with Gasteiger partial charge in [-0.1, -0.05) is 25.0 Å². The van der Waals surface area contributed by atoms with Crippen molar-refractivity contribution in [1.82, 2.24) is 4.90 Å². The third-order valence-electron chi connectivity index (χ3n) is 5.88. The maximum Gasteiger partial charge on any atom is 0.220 e. The molecule has 2 fully saturated rings. The first kappa shape index (κ1) is 17.3. The van der Waals surface area contributed by atoms with Crippen LogP contribution in [-0.2, 0) is 6.54 Å². The Labute approximate surface area is 156 Å². The standard InChI is InChI=1S/C20H30N6/c21-18-23-19(22)26(20(24-18)10-3-1-4-11-20)17-9-7-8-16(14-17)15-25-12-5-2-6-13-25/h7-9,14H,1-6,10-13,15H2,(H4,21,22,23,24). The van der Waals surface area contributed by atoms with Crippen LogP contribution < -0.4 is 16.4 Å². The molecular formula is C20H30N6. The lowest BCUT2D eigenvalue weighted by molar-refractivity contribution is 0.221. The molecule has 4 rings (SSSR count). The van der Waals surface area contributed by atoms with E-state index in [4.69, 9.17) is 16.5 Å². The number of rotatable bonds is 3. The van der Waals surface area contributed by atoms with Crippen LogP contribution in [0.2, 0.25) is 0 Å². The highest BCUT2D eigenvalue weighted by Crippen LogP contribution is 2.39. The number of hydrogen-bond acceptors (Lipinski definition) is 6. The van der Waals surface area contributed by atoms with Crippen molar-refractivity contribution in [2.75, 3.05) is 18.0 Å². The molecule has 140 valence electrons. The molecule has 4 N–H and O–H groups in total. The minimum Gasteiger partial charge on any atom is -0.369 e. The third-order valence-corrected chi connectivity index (χ3v) is 5.88. The van der Waals surface area contributed by atoms with E-state index in [0.717, 1.165) is 37.9 Å². The van der Waals surface area contributed by atoms with E-state index in [1.165, 1.54) is 44.3 Å². The largest absolute Gasteiger partial charge is 0.369 e. The predicted molar refractivity (Wildman–Crippen MR) is 107 cm³/mol. The van der Waals surface area contributed by atoms with Gasteiger partial charge in [0.1, 0.15) is 5.66 Å². The van der Waals surface area contributed by atoms with E-state index in [0.29, 0.717) is 11.9 Å². The second-order valence-electron chi connectivity index (χ2n) is 7.83. The first-order valence-corrected chi connectivity index (χ1v) is 9.97. The molecule has 6 heteroatoms. The summed E-state index contributed by atoms with van der Waals surface area (Å²) in [5, 5.41) is 0. The Morgan fingerprint density at radius 2 is 1.69 bits per heavy atom. The average molecular weight is 355 g/mol. The number of nitrogens with zero attached hydrogens (tertiary/aromatic N) is 4. The van der Waals surface area contributed by atoms with Crippen molar-refractivity contribution < 1.29 is 0 Å². The summed E-state index contributed by atoms with van der Waals surface area (Å²) in [6, 6.07) is 8.71. The number of anilines is 1. The summed E-state index contributed by atoms with van der Waals surface area (Å²) in [5.74, 6) is 0.777. The molecule has 0 radical (unpaired) electrons. The fraction of sp³-hybridized carbons (Fsp3) is 0.600. The molecule has 0 aromatic heterocycles. The van der Waals surface area contributed by atoms with Crippen molar-refractivity contribution in [3.05, 3.63) is 29.8 Å². The number of guanidine groups is 2. The summed E-state index contributed by atoms with van der Waals surface area (Å²) in [4.78, 5) is 13.7. The molecule has 6 nitrogen and oxygen atoms in total. The summed E-state index contributed by atoms with van der Waals surface area (Å²) in [5.41, 5.74) is 14.4. The van der Waals surface area contributed by atoms with Gasteiger partial charge in [0.15, 0.2) is 0 Å². The number of hydrogen-bond donors (Lipinski definition) is 2. The molecule has 0 bridgehead atoms. The Morgan fingerprint density at radius 3 is 2.46 bits per heavy atom. The average Bonchev–Trinajstić information content (AvgIpc) is 2.63. The zero-order chi connectivity index (χ0) is 18.0. The van der Waals surface area contributed by atoms with Crippen LogP contribution in [0.25, 0.3) is 0 Å². The van der Waals surface area contributed by atoms with Gasteiger partial charge in [0.2, 0.25) is 11.9 Å². The number of piperidine rings is 1. The van der Waals surface area contributed by atoms with Gasteiger partial charge in [-0.2, -0.15) is 4.99 Å². The summed E-state index contributed by atoms with van der Waals surface area (Å²) in [6.45, 7) is 3.39. The normalized spacial score (nSPS) is 23.6. The van der Waals surface area contributed by atoms with Gasteiger partial charge in [-0.15, -0.1) is 0 Å². The molecule has 1 aliphatic carbocycles. The molecule has 1 aromatic rings. The molecule has 1 spiro atoms. The van der Waals surface area contributed by atoms with E-state index in [1.807, 2.05) is 0 Å². The predicted octanol–water partition coefficient (Wildman–Crippen LogP) is 2.78. The SMILES string of the molecule is NC1=NC2(CCCCC2)N(c2cccc(CN3CCCCC3)c2)C(N)=N1. The highest BCUT2D eigenvalue weighted by Gasteiger charge is 2.42. The Kier molecular flexibility index (Phi) is 4.85. The maximum absolute atomic E-state index is 6.35. The first-order chi connectivity index (χ1) is 12.7. The maximum atomic E-state index is 6.35. The molecule has 1 saturated carbocycles. The Morgan fingerprint density at radius 1 is 0.962 bits per heavy atom. The summed E-state index contributed by atoms with van der Waals surface area (Å²) in [6.07, 6.45) is 9.46. The van der Waals surface area contributed by atoms with Gasteiger partial charge >= 0.3 is 0 Å². The second kappa shape index (κ2) is 7.27.